The SMILES string of the molecule is COc1ccc(Nc2nc(N/N=C/c3cc([N+](=O)[O-])ccc3OC)nc(N3CCOCC3)n2)cc1. The first-order valence-electron chi connectivity index (χ1n) is 10.7. The van der Waals surface area contributed by atoms with Crippen molar-refractivity contribution >= 4 is 35.4 Å². The number of aromatic nitrogens is 3. The first-order chi connectivity index (χ1) is 17.1. The maximum Gasteiger partial charge on any atom is 0.270 e. The predicted octanol–water partition coefficient (Wildman–Crippen LogP) is 2.82. The molecule has 0 amide bonds. The van der Waals surface area contributed by atoms with Gasteiger partial charge in [0.15, 0.2) is 0 Å². The predicted molar refractivity (Wildman–Crippen MR) is 130 cm³/mol. The standard InChI is InChI=1S/C22H24N8O5/c1-33-18-6-3-16(4-7-18)24-20-25-21(27-22(26-20)29-9-11-35-12-10-29)28-23-14-15-13-17(30(31)32)5-8-19(15)34-2/h3-8,13-14H,9-12H2,1-2H3,(H2,24,25,26,27,28)/b23-14+. The Morgan fingerprint density at radius 1 is 1.06 bits per heavy atom. The minimum Gasteiger partial charge on any atom is -0.497 e. The van der Waals surface area contributed by atoms with Crippen molar-refractivity contribution in [2.24, 2.45) is 5.10 Å². The molecule has 0 bridgehead atoms. The van der Waals surface area contributed by atoms with Crippen molar-refractivity contribution in [3.8, 4) is 11.5 Å². The molecule has 13 nitrogen and oxygen atoms in total. The summed E-state index contributed by atoms with van der Waals surface area (Å²) in [5.74, 6) is 2.14. The number of nitro groups is 1. The molecule has 3 aromatic rings. The normalized spacial score (nSPS) is 13.5. The third-order valence-corrected chi connectivity index (χ3v) is 5.06. The molecule has 0 atom stereocenters. The molecule has 182 valence electrons. The number of hydrazone groups is 1. The van der Waals surface area contributed by atoms with Crippen molar-refractivity contribution in [3.05, 3.63) is 58.1 Å². The van der Waals surface area contributed by atoms with Gasteiger partial charge in [0.25, 0.3) is 5.69 Å². The Morgan fingerprint density at radius 2 is 1.80 bits per heavy atom. The Bertz CT molecular complexity index is 1200. The smallest absolute Gasteiger partial charge is 0.270 e. The third kappa shape index (κ3) is 6.09. The highest BCUT2D eigenvalue weighted by Crippen LogP contribution is 2.23. The molecule has 2 N–H and O–H groups in total. The van der Waals surface area contributed by atoms with Crippen LogP contribution in [0.1, 0.15) is 5.56 Å². The lowest BCUT2D eigenvalue weighted by Crippen LogP contribution is -2.37. The van der Waals surface area contributed by atoms with Crippen LogP contribution < -0.4 is 25.1 Å². The number of hydrogen-bond acceptors (Lipinski definition) is 12. The second-order valence-electron chi connectivity index (χ2n) is 7.29. The number of nitrogens with one attached hydrogen (secondary N) is 2. The van der Waals surface area contributed by atoms with Crippen molar-refractivity contribution in [1.82, 2.24) is 15.0 Å². The van der Waals surface area contributed by atoms with Crippen LogP contribution in [0.3, 0.4) is 0 Å². The summed E-state index contributed by atoms with van der Waals surface area (Å²) in [5, 5.41) is 18.4. The largest absolute Gasteiger partial charge is 0.497 e. The molecule has 0 saturated carbocycles. The topological polar surface area (TPSA) is 149 Å². The number of morpholine rings is 1. The Morgan fingerprint density at radius 3 is 2.49 bits per heavy atom. The summed E-state index contributed by atoms with van der Waals surface area (Å²) in [7, 11) is 3.08. The number of rotatable bonds is 9. The Balaban J connectivity index is 1.58. The lowest BCUT2D eigenvalue weighted by atomic mass is 10.2. The van der Waals surface area contributed by atoms with E-state index in [0.29, 0.717) is 49.5 Å². The van der Waals surface area contributed by atoms with E-state index in [0.717, 1.165) is 11.4 Å². The maximum atomic E-state index is 11.1. The van der Waals surface area contributed by atoms with E-state index in [9.17, 15) is 10.1 Å². The molecule has 4 rings (SSSR count). The molecular weight excluding hydrogens is 456 g/mol. The van der Waals surface area contributed by atoms with Crippen LogP contribution in [0.5, 0.6) is 11.5 Å². The van der Waals surface area contributed by atoms with Gasteiger partial charge in [-0.25, -0.2) is 5.43 Å². The van der Waals surface area contributed by atoms with Gasteiger partial charge in [0.05, 0.1) is 38.6 Å². The van der Waals surface area contributed by atoms with Gasteiger partial charge in [0, 0.05) is 36.5 Å². The summed E-state index contributed by atoms with van der Waals surface area (Å²) in [6, 6.07) is 11.6. The van der Waals surface area contributed by atoms with Gasteiger partial charge in [0.2, 0.25) is 17.8 Å². The Labute approximate surface area is 200 Å². The number of nitrogens with zero attached hydrogens (tertiary/aromatic N) is 6. The van der Waals surface area contributed by atoms with E-state index in [1.54, 1.807) is 7.11 Å². The molecule has 35 heavy (non-hydrogen) atoms. The first-order valence-corrected chi connectivity index (χ1v) is 10.7. The molecule has 2 heterocycles. The monoisotopic (exact) mass is 480 g/mol. The Kier molecular flexibility index (Phi) is 7.47. The number of nitro benzene ring substituents is 1. The first kappa shape index (κ1) is 23.6. The van der Waals surface area contributed by atoms with Crippen molar-refractivity contribution < 1.29 is 19.1 Å². The van der Waals surface area contributed by atoms with Crippen LogP contribution >= 0.6 is 0 Å². The second kappa shape index (κ2) is 11.1. The summed E-state index contributed by atoms with van der Waals surface area (Å²) < 4.78 is 15.9. The molecule has 1 aliphatic heterocycles. The van der Waals surface area contributed by atoms with Crippen molar-refractivity contribution in [1.29, 1.82) is 0 Å². The fourth-order valence-electron chi connectivity index (χ4n) is 3.27. The zero-order chi connectivity index (χ0) is 24.6. The minimum atomic E-state index is -0.484. The molecule has 0 radical (unpaired) electrons. The van der Waals surface area contributed by atoms with Gasteiger partial charge in [-0.1, -0.05) is 0 Å². The summed E-state index contributed by atoms with van der Waals surface area (Å²) >= 11 is 0. The summed E-state index contributed by atoms with van der Waals surface area (Å²) in [4.78, 5) is 26.0. The van der Waals surface area contributed by atoms with E-state index in [1.807, 2.05) is 29.2 Å². The minimum absolute atomic E-state index is 0.0759. The van der Waals surface area contributed by atoms with Gasteiger partial charge in [-0.05, 0) is 30.3 Å². The highest BCUT2D eigenvalue weighted by atomic mass is 16.6. The number of anilines is 4. The van der Waals surface area contributed by atoms with Gasteiger partial charge < -0.3 is 24.4 Å². The summed E-state index contributed by atoms with van der Waals surface area (Å²) in [5.41, 5.74) is 3.89. The van der Waals surface area contributed by atoms with Crippen LogP contribution in [0.4, 0.5) is 29.2 Å². The van der Waals surface area contributed by atoms with Gasteiger partial charge in [-0.2, -0.15) is 20.1 Å². The average molecular weight is 480 g/mol. The van der Waals surface area contributed by atoms with Crippen LogP contribution in [0.25, 0.3) is 0 Å². The molecule has 0 unspecified atom stereocenters. The van der Waals surface area contributed by atoms with E-state index in [1.165, 1.54) is 31.5 Å². The maximum absolute atomic E-state index is 11.1. The third-order valence-electron chi connectivity index (χ3n) is 5.06. The molecule has 0 spiro atoms. The van der Waals surface area contributed by atoms with Crippen LogP contribution in [0.15, 0.2) is 47.6 Å². The van der Waals surface area contributed by atoms with E-state index < -0.39 is 4.92 Å². The number of non-ortho nitro benzene ring substituents is 1. The number of benzene rings is 2. The van der Waals surface area contributed by atoms with Crippen molar-refractivity contribution in [2.75, 3.05) is 56.2 Å². The number of methoxy groups -OCH3 is 2. The highest BCUT2D eigenvalue weighted by molar-refractivity contribution is 5.85. The lowest BCUT2D eigenvalue weighted by molar-refractivity contribution is -0.384. The number of ether oxygens (including phenoxy) is 3. The molecule has 13 heteroatoms. The van der Waals surface area contributed by atoms with Crippen molar-refractivity contribution in [2.45, 2.75) is 0 Å². The fourth-order valence-corrected chi connectivity index (χ4v) is 3.27. The zero-order valence-corrected chi connectivity index (χ0v) is 19.2. The van der Waals surface area contributed by atoms with Crippen LogP contribution in [0.2, 0.25) is 0 Å². The summed E-state index contributed by atoms with van der Waals surface area (Å²) in [6.45, 7) is 2.42. The average Bonchev–Trinajstić information content (AvgIpc) is 2.89. The zero-order valence-electron chi connectivity index (χ0n) is 19.2. The van der Waals surface area contributed by atoms with Gasteiger partial charge in [-0.3, -0.25) is 10.1 Å². The van der Waals surface area contributed by atoms with Crippen molar-refractivity contribution in [3.63, 3.8) is 0 Å². The highest BCUT2D eigenvalue weighted by Gasteiger charge is 2.17. The molecule has 1 fully saturated rings. The second-order valence-corrected chi connectivity index (χ2v) is 7.29. The van der Waals surface area contributed by atoms with E-state index >= 15 is 0 Å². The fraction of sp³-hybridized carbons (Fsp3) is 0.273. The van der Waals surface area contributed by atoms with E-state index in [-0.39, 0.29) is 11.6 Å². The summed E-state index contributed by atoms with van der Waals surface area (Å²) in [6.07, 6.45) is 1.40. The molecule has 0 aliphatic carbocycles. The molecule has 1 aliphatic rings. The van der Waals surface area contributed by atoms with Crippen LogP contribution in [0, 0.1) is 10.1 Å². The molecule has 1 aromatic heterocycles. The molecular formula is C22H24N8O5. The lowest BCUT2D eigenvalue weighted by Gasteiger charge is -2.27. The Hall–Kier alpha value is -4.52. The quantitative estimate of drug-likeness (QED) is 0.264. The van der Waals surface area contributed by atoms with Crippen LogP contribution in [-0.2, 0) is 4.74 Å². The molecule has 2 aromatic carbocycles. The van der Waals surface area contributed by atoms with Crippen LogP contribution in [-0.4, -0.2) is 66.6 Å². The van der Waals surface area contributed by atoms with Gasteiger partial charge >= 0.3 is 0 Å². The van der Waals surface area contributed by atoms with Gasteiger partial charge in [-0.15, -0.1) is 0 Å². The van der Waals surface area contributed by atoms with E-state index in [4.69, 9.17) is 14.2 Å². The van der Waals surface area contributed by atoms with Gasteiger partial charge in [0.1, 0.15) is 11.5 Å². The number of hydrogen-bond donors (Lipinski definition) is 2. The molecule has 1 saturated heterocycles. The van der Waals surface area contributed by atoms with E-state index in [2.05, 4.69) is 30.8 Å².